The molecule has 1 aromatic heterocycles. The highest BCUT2D eigenvalue weighted by molar-refractivity contribution is 6.06. The fourth-order valence-corrected chi connectivity index (χ4v) is 1.67. The summed E-state index contributed by atoms with van der Waals surface area (Å²) in [5, 5.41) is 9.25. The van der Waals surface area contributed by atoms with E-state index in [0.717, 1.165) is 11.3 Å². The Balaban J connectivity index is 2.33. The Hall–Kier alpha value is -2.37. The largest absolute Gasteiger partial charge is 0.496 e. The van der Waals surface area contributed by atoms with Crippen molar-refractivity contribution in [2.45, 2.75) is 13.8 Å². The number of hydrogen-bond acceptors (Lipinski definition) is 3. The molecule has 0 aliphatic rings. The minimum atomic E-state index is -0.637. The molecule has 1 aromatic carbocycles. The van der Waals surface area contributed by atoms with E-state index in [2.05, 4.69) is 15.5 Å². The number of aryl methyl sites for hydroxylation is 1. The third kappa shape index (κ3) is 2.42. The summed E-state index contributed by atoms with van der Waals surface area (Å²) in [5.41, 5.74) is 1.52. The van der Waals surface area contributed by atoms with E-state index in [1.807, 2.05) is 13.8 Å². The van der Waals surface area contributed by atoms with Gasteiger partial charge in [0.05, 0.1) is 7.11 Å². The van der Waals surface area contributed by atoms with E-state index in [1.54, 1.807) is 0 Å². The van der Waals surface area contributed by atoms with Crippen LogP contribution in [0.1, 0.15) is 21.6 Å². The standard InChI is InChI=1S/C13H14FN3O2/c1-7-8(2)16-17-12(7)15-13(18)11-9(14)5-4-6-10(11)19-3/h4-6H,1-3H3,(H2,15,16,17,18). The Labute approximate surface area is 109 Å². The zero-order chi connectivity index (χ0) is 14.0. The van der Waals surface area contributed by atoms with Crippen LogP contribution in [0.4, 0.5) is 10.2 Å². The van der Waals surface area contributed by atoms with Gasteiger partial charge in [0.2, 0.25) is 0 Å². The smallest absolute Gasteiger partial charge is 0.263 e. The number of hydrogen-bond donors (Lipinski definition) is 2. The fourth-order valence-electron chi connectivity index (χ4n) is 1.67. The molecular formula is C13H14FN3O2. The molecule has 19 heavy (non-hydrogen) atoms. The predicted octanol–water partition coefficient (Wildman–Crippen LogP) is 2.43. The number of rotatable bonds is 3. The summed E-state index contributed by atoms with van der Waals surface area (Å²) in [6, 6.07) is 4.22. The first kappa shape index (κ1) is 13.1. The van der Waals surface area contributed by atoms with Crippen molar-refractivity contribution >= 4 is 11.7 Å². The molecule has 0 spiro atoms. The quantitative estimate of drug-likeness (QED) is 0.893. The molecule has 0 fully saturated rings. The maximum Gasteiger partial charge on any atom is 0.263 e. The number of H-pyrrole nitrogens is 1. The molecule has 0 bridgehead atoms. The number of methoxy groups -OCH3 is 1. The van der Waals surface area contributed by atoms with E-state index in [9.17, 15) is 9.18 Å². The Morgan fingerprint density at radius 1 is 1.42 bits per heavy atom. The number of halogens is 1. The summed E-state index contributed by atoms with van der Waals surface area (Å²) in [7, 11) is 1.38. The van der Waals surface area contributed by atoms with Crippen LogP contribution in [0.5, 0.6) is 5.75 Å². The first-order valence-corrected chi connectivity index (χ1v) is 5.70. The van der Waals surface area contributed by atoms with Gasteiger partial charge in [0.15, 0.2) is 5.82 Å². The van der Waals surface area contributed by atoms with Gasteiger partial charge in [-0.15, -0.1) is 0 Å². The van der Waals surface area contributed by atoms with Gasteiger partial charge in [-0.25, -0.2) is 4.39 Å². The van der Waals surface area contributed by atoms with Crippen molar-refractivity contribution in [2.24, 2.45) is 0 Å². The van der Waals surface area contributed by atoms with E-state index < -0.39 is 11.7 Å². The number of benzene rings is 1. The first-order chi connectivity index (χ1) is 9.04. The average Bonchev–Trinajstić information content (AvgIpc) is 2.70. The molecule has 0 radical (unpaired) electrons. The fraction of sp³-hybridized carbons (Fsp3) is 0.231. The normalized spacial score (nSPS) is 10.3. The van der Waals surface area contributed by atoms with Gasteiger partial charge in [0.25, 0.3) is 5.91 Å². The lowest BCUT2D eigenvalue weighted by Crippen LogP contribution is -2.16. The minimum absolute atomic E-state index is 0.134. The van der Waals surface area contributed by atoms with Crippen LogP contribution in [0.2, 0.25) is 0 Å². The van der Waals surface area contributed by atoms with Crippen LogP contribution >= 0.6 is 0 Å². The molecule has 2 aromatic rings. The summed E-state index contributed by atoms with van der Waals surface area (Å²) >= 11 is 0. The van der Waals surface area contributed by atoms with E-state index >= 15 is 0 Å². The van der Waals surface area contributed by atoms with Crippen molar-refractivity contribution < 1.29 is 13.9 Å². The van der Waals surface area contributed by atoms with Gasteiger partial charge in [-0.05, 0) is 26.0 Å². The van der Waals surface area contributed by atoms with Gasteiger partial charge in [0.1, 0.15) is 17.1 Å². The van der Waals surface area contributed by atoms with E-state index in [4.69, 9.17) is 4.74 Å². The third-order valence-electron chi connectivity index (χ3n) is 2.91. The molecule has 0 saturated carbocycles. The predicted molar refractivity (Wildman–Crippen MR) is 69.0 cm³/mol. The molecule has 6 heteroatoms. The number of anilines is 1. The van der Waals surface area contributed by atoms with Crippen LogP contribution in [0, 0.1) is 19.7 Å². The molecule has 0 atom stereocenters. The molecule has 0 aliphatic heterocycles. The number of aromatic nitrogens is 2. The maximum absolute atomic E-state index is 13.7. The molecule has 0 aliphatic carbocycles. The number of carbonyl (C=O) groups is 1. The lowest BCUT2D eigenvalue weighted by atomic mass is 10.1. The van der Waals surface area contributed by atoms with Gasteiger partial charge in [-0.3, -0.25) is 9.89 Å². The first-order valence-electron chi connectivity index (χ1n) is 5.70. The Morgan fingerprint density at radius 3 is 2.74 bits per heavy atom. The topological polar surface area (TPSA) is 67.0 Å². The third-order valence-corrected chi connectivity index (χ3v) is 2.91. The highest BCUT2D eigenvalue weighted by atomic mass is 19.1. The summed E-state index contributed by atoms with van der Waals surface area (Å²) in [6.45, 7) is 3.65. The number of aromatic amines is 1. The number of nitrogens with one attached hydrogen (secondary N) is 2. The molecule has 1 heterocycles. The van der Waals surface area contributed by atoms with Gasteiger partial charge in [-0.2, -0.15) is 5.10 Å². The number of ether oxygens (including phenoxy) is 1. The van der Waals surface area contributed by atoms with Crippen LogP contribution in [0.25, 0.3) is 0 Å². The second-order valence-corrected chi connectivity index (χ2v) is 4.09. The summed E-state index contributed by atoms with van der Waals surface area (Å²) in [4.78, 5) is 12.1. The zero-order valence-corrected chi connectivity index (χ0v) is 10.9. The minimum Gasteiger partial charge on any atom is -0.496 e. The van der Waals surface area contributed by atoms with Gasteiger partial charge < -0.3 is 10.1 Å². The lowest BCUT2D eigenvalue weighted by molar-refractivity contribution is 0.101. The van der Waals surface area contributed by atoms with E-state index in [-0.39, 0.29) is 11.3 Å². The highest BCUT2D eigenvalue weighted by Gasteiger charge is 2.19. The maximum atomic E-state index is 13.7. The summed E-state index contributed by atoms with van der Waals surface area (Å²) < 4.78 is 18.7. The van der Waals surface area contributed by atoms with Crippen LogP contribution in [0.15, 0.2) is 18.2 Å². The molecule has 2 rings (SSSR count). The SMILES string of the molecule is COc1cccc(F)c1C(=O)Nc1n[nH]c(C)c1C. The summed E-state index contributed by atoms with van der Waals surface area (Å²) in [5.74, 6) is -0.665. The van der Waals surface area contributed by atoms with Crippen molar-refractivity contribution in [2.75, 3.05) is 12.4 Å². The second kappa shape index (κ2) is 5.09. The van der Waals surface area contributed by atoms with Crippen molar-refractivity contribution in [3.8, 4) is 5.75 Å². The Morgan fingerprint density at radius 2 is 2.16 bits per heavy atom. The van der Waals surface area contributed by atoms with Crippen molar-refractivity contribution in [1.29, 1.82) is 0 Å². The highest BCUT2D eigenvalue weighted by Crippen LogP contribution is 2.23. The van der Waals surface area contributed by atoms with Gasteiger partial charge in [0, 0.05) is 11.3 Å². The number of nitrogens with zero attached hydrogens (tertiary/aromatic N) is 1. The van der Waals surface area contributed by atoms with Crippen molar-refractivity contribution in [3.05, 3.63) is 40.8 Å². The van der Waals surface area contributed by atoms with Crippen molar-refractivity contribution in [1.82, 2.24) is 10.2 Å². The second-order valence-electron chi connectivity index (χ2n) is 4.09. The summed E-state index contributed by atoms with van der Waals surface area (Å²) in [6.07, 6.45) is 0. The lowest BCUT2D eigenvalue weighted by Gasteiger charge is -2.09. The Kier molecular flexibility index (Phi) is 3.50. The Bertz CT molecular complexity index is 622. The molecule has 1 amide bonds. The number of amides is 1. The molecule has 0 saturated heterocycles. The molecular weight excluding hydrogens is 249 g/mol. The molecule has 100 valence electrons. The van der Waals surface area contributed by atoms with E-state index in [0.29, 0.717) is 5.82 Å². The van der Waals surface area contributed by atoms with Crippen molar-refractivity contribution in [3.63, 3.8) is 0 Å². The van der Waals surface area contributed by atoms with Crippen LogP contribution < -0.4 is 10.1 Å². The number of carbonyl (C=O) groups excluding carboxylic acids is 1. The monoisotopic (exact) mass is 263 g/mol. The van der Waals surface area contributed by atoms with Crippen LogP contribution in [-0.4, -0.2) is 23.2 Å². The van der Waals surface area contributed by atoms with Crippen LogP contribution in [0.3, 0.4) is 0 Å². The van der Waals surface area contributed by atoms with E-state index in [1.165, 1.54) is 25.3 Å². The average molecular weight is 263 g/mol. The molecule has 5 nitrogen and oxygen atoms in total. The molecule has 2 N–H and O–H groups in total. The van der Waals surface area contributed by atoms with Gasteiger partial charge >= 0.3 is 0 Å². The zero-order valence-electron chi connectivity index (χ0n) is 10.9. The molecule has 0 unspecified atom stereocenters. The van der Waals surface area contributed by atoms with Crippen LogP contribution in [-0.2, 0) is 0 Å². The van der Waals surface area contributed by atoms with Gasteiger partial charge in [-0.1, -0.05) is 6.07 Å².